The number of nitrogens with zero attached hydrogens (tertiary/aromatic N) is 2. The summed E-state index contributed by atoms with van der Waals surface area (Å²) >= 11 is 0. The van der Waals surface area contributed by atoms with Gasteiger partial charge in [0.25, 0.3) is 0 Å². The maximum atomic E-state index is 11.3. The number of nitrogens with two attached hydrogens (primary N) is 1. The predicted octanol–water partition coefficient (Wildman–Crippen LogP) is 1.81. The van der Waals surface area contributed by atoms with Crippen LogP contribution in [0.4, 0.5) is 5.82 Å². The number of nitrogen functional groups attached to an aromatic ring is 1. The van der Waals surface area contributed by atoms with Gasteiger partial charge >= 0.3 is 0 Å². The van der Waals surface area contributed by atoms with Crippen molar-refractivity contribution in [1.29, 1.82) is 0 Å². The normalized spacial score (nSPS) is 10.5. The molecule has 0 radical (unpaired) electrons. The summed E-state index contributed by atoms with van der Waals surface area (Å²) in [6.07, 6.45) is 1.59. The predicted molar refractivity (Wildman–Crippen MR) is 74.0 cm³/mol. The fourth-order valence-corrected chi connectivity index (χ4v) is 1.92. The molecular formula is C14H12N4O. The first-order chi connectivity index (χ1) is 9.24. The molecular weight excluding hydrogens is 240 g/mol. The van der Waals surface area contributed by atoms with Crippen molar-refractivity contribution in [2.24, 2.45) is 0 Å². The highest BCUT2D eigenvalue weighted by Crippen LogP contribution is 2.21. The van der Waals surface area contributed by atoms with Crippen LogP contribution in [0.1, 0.15) is 0 Å². The number of hydrogen-bond acceptors (Lipinski definition) is 3. The first kappa shape index (κ1) is 11.3. The number of H-pyrrole nitrogens is 1. The Kier molecular flexibility index (Phi) is 2.64. The van der Waals surface area contributed by atoms with Crippen molar-refractivity contribution >= 4 is 5.82 Å². The average Bonchev–Trinajstić information content (AvgIpc) is 2.82. The molecule has 2 aromatic heterocycles. The summed E-state index contributed by atoms with van der Waals surface area (Å²) in [5.41, 5.74) is 8.10. The lowest BCUT2D eigenvalue weighted by molar-refractivity contribution is 0.895. The number of pyridine rings is 1. The van der Waals surface area contributed by atoms with E-state index in [-0.39, 0.29) is 5.56 Å². The summed E-state index contributed by atoms with van der Waals surface area (Å²) in [6.45, 7) is 0. The van der Waals surface area contributed by atoms with Crippen molar-refractivity contribution in [1.82, 2.24) is 14.8 Å². The van der Waals surface area contributed by atoms with Gasteiger partial charge in [-0.15, -0.1) is 0 Å². The highest BCUT2D eigenvalue weighted by atomic mass is 16.1. The molecule has 0 saturated carbocycles. The molecule has 5 nitrogen and oxygen atoms in total. The molecule has 0 aliphatic rings. The zero-order chi connectivity index (χ0) is 13.2. The van der Waals surface area contributed by atoms with Crippen LogP contribution in [0, 0.1) is 0 Å². The fraction of sp³-hybridized carbons (Fsp3) is 0. The lowest BCUT2D eigenvalue weighted by Gasteiger charge is -2.02. The molecule has 3 N–H and O–H groups in total. The van der Waals surface area contributed by atoms with E-state index in [0.717, 1.165) is 11.3 Å². The van der Waals surface area contributed by atoms with E-state index >= 15 is 0 Å². The minimum atomic E-state index is -0.162. The van der Waals surface area contributed by atoms with Crippen molar-refractivity contribution in [2.45, 2.75) is 0 Å². The molecule has 3 rings (SSSR count). The van der Waals surface area contributed by atoms with Crippen LogP contribution >= 0.6 is 0 Å². The number of aromatic amines is 1. The van der Waals surface area contributed by atoms with Gasteiger partial charge in [0.05, 0.1) is 11.4 Å². The van der Waals surface area contributed by atoms with E-state index in [1.54, 1.807) is 23.0 Å². The van der Waals surface area contributed by atoms with Crippen LogP contribution in [0.5, 0.6) is 0 Å². The Morgan fingerprint density at radius 2 is 1.89 bits per heavy atom. The van der Waals surface area contributed by atoms with Crippen molar-refractivity contribution < 1.29 is 0 Å². The Bertz CT molecular complexity index is 758. The van der Waals surface area contributed by atoms with Gasteiger partial charge < -0.3 is 10.7 Å². The molecule has 94 valence electrons. The van der Waals surface area contributed by atoms with Crippen LogP contribution in [-0.2, 0) is 0 Å². The summed E-state index contributed by atoms with van der Waals surface area (Å²) in [4.78, 5) is 13.9. The smallest absolute Gasteiger partial charge is 0.248 e. The molecule has 2 heterocycles. The van der Waals surface area contributed by atoms with Crippen LogP contribution in [0.15, 0.2) is 59.5 Å². The molecule has 0 atom stereocenters. The molecule has 0 aliphatic heterocycles. The van der Waals surface area contributed by atoms with Gasteiger partial charge in [-0.1, -0.05) is 18.2 Å². The maximum absolute atomic E-state index is 11.3. The summed E-state index contributed by atoms with van der Waals surface area (Å²) in [6, 6.07) is 14.7. The number of anilines is 1. The number of benzene rings is 1. The van der Waals surface area contributed by atoms with Crippen LogP contribution < -0.4 is 11.3 Å². The average molecular weight is 252 g/mol. The summed E-state index contributed by atoms with van der Waals surface area (Å²) in [5.74, 6) is 0.529. The van der Waals surface area contributed by atoms with Gasteiger partial charge in [0.15, 0.2) is 0 Å². The second-order valence-electron chi connectivity index (χ2n) is 4.14. The van der Waals surface area contributed by atoms with Crippen molar-refractivity contribution in [2.75, 3.05) is 5.73 Å². The Morgan fingerprint density at radius 3 is 2.63 bits per heavy atom. The second kappa shape index (κ2) is 4.45. The molecule has 0 bridgehead atoms. The minimum absolute atomic E-state index is 0.162. The molecule has 0 aliphatic carbocycles. The van der Waals surface area contributed by atoms with Gasteiger partial charge in [0.1, 0.15) is 5.82 Å². The number of hydrogen-bond donors (Lipinski definition) is 2. The zero-order valence-corrected chi connectivity index (χ0v) is 10.1. The number of para-hydroxylation sites is 1. The topological polar surface area (TPSA) is 76.7 Å². The van der Waals surface area contributed by atoms with Crippen LogP contribution in [0.25, 0.3) is 16.9 Å². The highest BCUT2D eigenvalue weighted by Gasteiger charge is 2.08. The summed E-state index contributed by atoms with van der Waals surface area (Å²) in [5, 5.41) is 4.43. The molecule has 1 aromatic carbocycles. The van der Waals surface area contributed by atoms with Crippen molar-refractivity contribution in [3.8, 4) is 16.9 Å². The Balaban J connectivity index is 2.10. The van der Waals surface area contributed by atoms with Gasteiger partial charge in [-0.25, -0.2) is 4.68 Å². The molecule has 3 aromatic rings. The number of nitrogens with one attached hydrogen (secondary N) is 1. The standard InChI is InChI=1S/C14H12N4O/c15-13-9-12(10-6-7-16-14(19)8-10)17-18(13)11-4-2-1-3-5-11/h1-9H,15H2,(H,16,19). The van der Waals surface area contributed by atoms with Gasteiger partial charge in [-0.05, 0) is 18.2 Å². The van der Waals surface area contributed by atoms with E-state index in [9.17, 15) is 4.79 Å². The molecule has 0 unspecified atom stereocenters. The van der Waals surface area contributed by atoms with Crippen molar-refractivity contribution in [3.05, 3.63) is 65.1 Å². The molecule has 0 saturated heterocycles. The van der Waals surface area contributed by atoms with Crippen LogP contribution in [0.3, 0.4) is 0 Å². The van der Waals surface area contributed by atoms with E-state index < -0.39 is 0 Å². The third-order valence-corrected chi connectivity index (χ3v) is 2.81. The second-order valence-corrected chi connectivity index (χ2v) is 4.14. The van der Waals surface area contributed by atoms with E-state index in [1.165, 1.54) is 6.07 Å². The largest absolute Gasteiger partial charge is 0.384 e. The molecule has 0 spiro atoms. The van der Waals surface area contributed by atoms with Gasteiger partial charge in [0, 0.05) is 23.9 Å². The summed E-state index contributed by atoms with van der Waals surface area (Å²) < 4.78 is 1.65. The highest BCUT2D eigenvalue weighted by molar-refractivity contribution is 5.63. The zero-order valence-electron chi connectivity index (χ0n) is 10.1. The van der Waals surface area contributed by atoms with Gasteiger partial charge in [0.2, 0.25) is 5.56 Å². The van der Waals surface area contributed by atoms with E-state index in [4.69, 9.17) is 5.73 Å². The third kappa shape index (κ3) is 2.13. The molecule has 0 amide bonds. The minimum Gasteiger partial charge on any atom is -0.384 e. The van der Waals surface area contributed by atoms with Crippen molar-refractivity contribution in [3.63, 3.8) is 0 Å². The lowest BCUT2D eigenvalue weighted by atomic mass is 10.2. The van der Waals surface area contributed by atoms with Gasteiger partial charge in [-0.3, -0.25) is 4.79 Å². The van der Waals surface area contributed by atoms with E-state index in [2.05, 4.69) is 10.1 Å². The Hall–Kier alpha value is -2.82. The first-order valence-electron chi connectivity index (χ1n) is 5.84. The molecule has 0 fully saturated rings. The number of rotatable bonds is 2. The van der Waals surface area contributed by atoms with Gasteiger partial charge in [-0.2, -0.15) is 5.10 Å². The van der Waals surface area contributed by atoms with Crippen LogP contribution in [0.2, 0.25) is 0 Å². The first-order valence-corrected chi connectivity index (χ1v) is 5.84. The lowest BCUT2D eigenvalue weighted by Crippen LogP contribution is -2.03. The maximum Gasteiger partial charge on any atom is 0.248 e. The fourth-order valence-electron chi connectivity index (χ4n) is 1.92. The summed E-state index contributed by atoms with van der Waals surface area (Å²) in [7, 11) is 0. The Labute approximate surface area is 109 Å². The third-order valence-electron chi connectivity index (χ3n) is 2.81. The van der Waals surface area contributed by atoms with E-state index in [0.29, 0.717) is 11.5 Å². The SMILES string of the molecule is Nc1cc(-c2cc[nH]c(=O)c2)nn1-c1ccccc1. The quantitative estimate of drug-likeness (QED) is 0.730. The Morgan fingerprint density at radius 1 is 1.11 bits per heavy atom. The number of aromatic nitrogens is 3. The van der Waals surface area contributed by atoms with Crippen LogP contribution in [-0.4, -0.2) is 14.8 Å². The molecule has 19 heavy (non-hydrogen) atoms. The van der Waals surface area contributed by atoms with E-state index in [1.807, 2.05) is 30.3 Å². The molecule has 5 heteroatoms. The monoisotopic (exact) mass is 252 g/mol.